The summed E-state index contributed by atoms with van der Waals surface area (Å²) >= 11 is 0. The summed E-state index contributed by atoms with van der Waals surface area (Å²) in [5.74, 6) is -1.58. The number of aliphatic hydroxyl groups is 1. The first-order valence-corrected chi connectivity index (χ1v) is 2.00. The van der Waals surface area contributed by atoms with Gasteiger partial charge in [-0.25, -0.2) is 4.39 Å². The van der Waals surface area contributed by atoms with Crippen molar-refractivity contribution < 1.29 is 22.7 Å². The molecule has 0 saturated carbocycles. The zero-order valence-electron chi connectivity index (χ0n) is 4.24. The molecule has 0 radical (unpaired) electrons. The summed E-state index contributed by atoms with van der Waals surface area (Å²) in [6.07, 6.45) is -5.26. The lowest BCUT2D eigenvalue weighted by Crippen LogP contribution is -2.03. The highest BCUT2D eigenvalue weighted by Gasteiger charge is 2.24. The van der Waals surface area contributed by atoms with Crippen LogP contribution in [-0.2, 0) is 0 Å². The lowest BCUT2D eigenvalue weighted by molar-refractivity contribution is -0.0818. The van der Waals surface area contributed by atoms with Crippen LogP contribution in [0.5, 0.6) is 0 Å². The molecular weight excluding hydrogens is 140 g/mol. The average molecular weight is 144 g/mol. The van der Waals surface area contributed by atoms with Crippen LogP contribution < -0.4 is 0 Å². The third-order valence-corrected chi connectivity index (χ3v) is 0.471. The Balaban J connectivity index is 3.95. The van der Waals surface area contributed by atoms with Gasteiger partial charge in [-0.1, -0.05) is 0 Å². The van der Waals surface area contributed by atoms with E-state index in [0.29, 0.717) is 0 Å². The highest BCUT2D eigenvalue weighted by molar-refractivity contribution is 4.96. The van der Waals surface area contributed by atoms with E-state index in [9.17, 15) is 17.6 Å². The third-order valence-electron chi connectivity index (χ3n) is 0.471. The van der Waals surface area contributed by atoms with E-state index in [-0.39, 0.29) is 0 Å². The van der Waals surface area contributed by atoms with Crippen molar-refractivity contribution in [3.63, 3.8) is 0 Å². The smallest absolute Gasteiger partial charge is 0.389 e. The average Bonchev–Trinajstić information content (AvgIpc) is 1.62. The van der Waals surface area contributed by atoms with Crippen LogP contribution in [0.1, 0.15) is 0 Å². The van der Waals surface area contributed by atoms with Gasteiger partial charge < -0.3 is 5.11 Å². The molecule has 0 aromatic rings. The Labute approximate surface area is 48.6 Å². The maximum Gasteiger partial charge on any atom is 0.412 e. The minimum Gasteiger partial charge on any atom is -0.389 e. The largest absolute Gasteiger partial charge is 0.412 e. The lowest BCUT2D eigenvalue weighted by Gasteiger charge is -1.96. The lowest BCUT2D eigenvalue weighted by atomic mass is 10.5. The second kappa shape index (κ2) is 2.82. The minimum atomic E-state index is -4.67. The second-order valence-corrected chi connectivity index (χ2v) is 1.29. The zero-order chi connectivity index (χ0) is 7.49. The van der Waals surface area contributed by atoms with Crippen LogP contribution in [-0.4, -0.2) is 17.9 Å². The van der Waals surface area contributed by atoms with Crippen molar-refractivity contribution in [2.45, 2.75) is 6.18 Å². The van der Waals surface area contributed by atoms with Crippen LogP contribution in [0.15, 0.2) is 11.9 Å². The first-order valence-electron chi connectivity index (χ1n) is 2.00. The van der Waals surface area contributed by atoms with Crippen LogP contribution in [0.2, 0.25) is 0 Å². The molecule has 0 bridgehead atoms. The molecule has 0 rings (SSSR count). The van der Waals surface area contributed by atoms with Gasteiger partial charge in [0.1, 0.15) is 5.83 Å². The predicted molar refractivity (Wildman–Crippen MR) is 22.3 cm³/mol. The number of halogens is 4. The second-order valence-electron chi connectivity index (χ2n) is 1.29. The van der Waals surface area contributed by atoms with Gasteiger partial charge in [0.25, 0.3) is 0 Å². The Bertz CT molecular complexity index is 114. The van der Waals surface area contributed by atoms with E-state index < -0.39 is 24.7 Å². The summed E-state index contributed by atoms with van der Waals surface area (Å²) in [6.45, 7) is -1.21. The van der Waals surface area contributed by atoms with E-state index in [4.69, 9.17) is 5.11 Å². The topological polar surface area (TPSA) is 20.2 Å². The van der Waals surface area contributed by atoms with Crippen molar-refractivity contribution in [1.29, 1.82) is 0 Å². The number of alkyl halides is 3. The van der Waals surface area contributed by atoms with Crippen molar-refractivity contribution >= 4 is 0 Å². The molecule has 0 aliphatic carbocycles. The third kappa shape index (κ3) is 5.29. The molecule has 1 nitrogen and oxygen atoms in total. The zero-order valence-corrected chi connectivity index (χ0v) is 4.24. The van der Waals surface area contributed by atoms with Gasteiger partial charge in [0.2, 0.25) is 0 Å². The van der Waals surface area contributed by atoms with Crippen LogP contribution in [0, 0.1) is 0 Å². The number of aliphatic hydroxyl groups excluding tert-OH is 1. The van der Waals surface area contributed by atoms with Gasteiger partial charge in [0, 0.05) is 0 Å². The molecular formula is C4H4F4O. The highest BCUT2D eigenvalue weighted by Crippen LogP contribution is 2.18. The van der Waals surface area contributed by atoms with Gasteiger partial charge in [0.15, 0.2) is 0 Å². The van der Waals surface area contributed by atoms with E-state index in [2.05, 4.69) is 0 Å². The Morgan fingerprint density at radius 1 is 1.44 bits per heavy atom. The molecule has 0 unspecified atom stereocenters. The van der Waals surface area contributed by atoms with Gasteiger partial charge in [-0.15, -0.1) is 0 Å². The number of allylic oxidation sites excluding steroid dienone is 1. The van der Waals surface area contributed by atoms with Crippen LogP contribution >= 0.6 is 0 Å². The summed E-state index contributed by atoms with van der Waals surface area (Å²) in [5.41, 5.74) is 0. The fourth-order valence-electron chi connectivity index (χ4n) is 0.223. The Morgan fingerprint density at radius 3 is 2.00 bits per heavy atom. The number of hydrogen-bond acceptors (Lipinski definition) is 1. The number of rotatable bonds is 1. The molecule has 0 atom stereocenters. The Morgan fingerprint density at radius 2 is 1.89 bits per heavy atom. The van der Waals surface area contributed by atoms with E-state index in [0.717, 1.165) is 0 Å². The molecule has 0 fully saturated rings. The van der Waals surface area contributed by atoms with Crippen molar-refractivity contribution in [2.24, 2.45) is 0 Å². The van der Waals surface area contributed by atoms with Gasteiger partial charge >= 0.3 is 6.18 Å². The summed E-state index contributed by atoms with van der Waals surface area (Å²) in [5, 5.41) is 7.75. The Kier molecular flexibility index (Phi) is 2.64. The van der Waals surface area contributed by atoms with Crippen LogP contribution in [0.4, 0.5) is 17.6 Å². The van der Waals surface area contributed by atoms with Crippen LogP contribution in [0.25, 0.3) is 0 Å². The molecule has 9 heavy (non-hydrogen) atoms. The molecule has 0 aromatic carbocycles. The van der Waals surface area contributed by atoms with Gasteiger partial charge in [-0.2, -0.15) is 13.2 Å². The minimum absolute atomic E-state index is 0.590. The van der Waals surface area contributed by atoms with Crippen molar-refractivity contribution in [2.75, 3.05) is 6.61 Å². The van der Waals surface area contributed by atoms with E-state index in [1.807, 2.05) is 0 Å². The van der Waals surface area contributed by atoms with Gasteiger partial charge in [-0.3, -0.25) is 0 Å². The molecule has 0 saturated heterocycles. The summed E-state index contributed by atoms with van der Waals surface area (Å²) < 4.78 is 44.7. The van der Waals surface area contributed by atoms with E-state index in [1.54, 1.807) is 0 Å². The molecule has 0 aliphatic rings. The predicted octanol–water partition coefficient (Wildman–Crippen LogP) is 1.39. The van der Waals surface area contributed by atoms with Crippen molar-refractivity contribution in [3.8, 4) is 0 Å². The molecule has 5 heteroatoms. The fourth-order valence-corrected chi connectivity index (χ4v) is 0.223. The van der Waals surface area contributed by atoms with Gasteiger partial charge in [-0.05, 0) is 0 Å². The fraction of sp³-hybridized carbons (Fsp3) is 0.500. The first kappa shape index (κ1) is 8.42. The van der Waals surface area contributed by atoms with Crippen LogP contribution in [0.3, 0.4) is 0 Å². The van der Waals surface area contributed by atoms with E-state index in [1.165, 1.54) is 0 Å². The summed E-state index contributed by atoms with van der Waals surface area (Å²) in [7, 11) is 0. The Hall–Kier alpha value is -0.580. The molecule has 0 amide bonds. The van der Waals surface area contributed by atoms with Gasteiger partial charge in [0.05, 0.1) is 12.7 Å². The molecule has 0 aromatic heterocycles. The number of hydrogen-bond donors (Lipinski definition) is 1. The van der Waals surface area contributed by atoms with Crippen molar-refractivity contribution in [1.82, 2.24) is 0 Å². The highest BCUT2D eigenvalue weighted by atomic mass is 19.4. The molecule has 1 N–H and O–H groups in total. The summed E-state index contributed by atoms with van der Waals surface area (Å²) in [4.78, 5) is 0. The van der Waals surface area contributed by atoms with Crippen molar-refractivity contribution in [3.05, 3.63) is 11.9 Å². The quantitative estimate of drug-likeness (QED) is 0.551. The standard InChI is InChI=1S/C4H4F4O/c5-3(2-9)1-4(6,7)8/h1,9H,2H2/b3-1-. The maximum absolute atomic E-state index is 11.5. The molecule has 0 aliphatic heterocycles. The molecule has 0 spiro atoms. The normalized spacial score (nSPS) is 14.1. The maximum atomic E-state index is 11.5. The molecule has 0 heterocycles. The van der Waals surface area contributed by atoms with E-state index >= 15 is 0 Å². The molecule has 54 valence electrons. The summed E-state index contributed by atoms with van der Waals surface area (Å²) in [6, 6.07) is 0. The monoisotopic (exact) mass is 144 g/mol. The SMILES string of the molecule is OC/C(F)=C/C(F)(F)F. The first-order chi connectivity index (χ1) is 3.95.